The van der Waals surface area contributed by atoms with Crippen LogP contribution in [-0.4, -0.2) is 35.9 Å². The van der Waals surface area contributed by atoms with Gasteiger partial charge in [0.05, 0.1) is 25.8 Å². The normalized spacial score (nSPS) is 20.9. The molecule has 5 rings (SSSR count). The van der Waals surface area contributed by atoms with Gasteiger partial charge >= 0.3 is 0 Å². The minimum Gasteiger partial charge on any atom is -0.496 e. The van der Waals surface area contributed by atoms with Gasteiger partial charge in [-0.25, -0.2) is 0 Å². The summed E-state index contributed by atoms with van der Waals surface area (Å²) in [6.45, 7) is 4.04. The summed E-state index contributed by atoms with van der Waals surface area (Å²) in [6, 6.07) is 20.7. The van der Waals surface area contributed by atoms with Crippen LogP contribution in [0.4, 0.5) is 5.69 Å². The molecule has 0 radical (unpaired) electrons. The van der Waals surface area contributed by atoms with Gasteiger partial charge in [0.25, 0.3) is 5.91 Å². The van der Waals surface area contributed by atoms with Crippen molar-refractivity contribution >= 4 is 28.9 Å². The van der Waals surface area contributed by atoms with Crippen molar-refractivity contribution < 1.29 is 19.0 Å². The molecule has 6 nitrogen and oxygen atoms in total. The van der Waals surface area contributed by atoms with Crippen molar-refractivity contribution in [3.05, 3.63) is 83.4 Å². The lowest BCUT2D eigenvalue weighted by atomic mass is 9.88. The zero-order valence-electron chi connectivity index (χ0n) is 19.6. The van der Waals surface area contributed by atoms with Gasteiger partial charge in [-0.2, -0.15) is 0 Å². The van der Waals surface area contributed by atoms with E-state index in [1.165, 1.54) is 0 Å². The number of nitrogens with zero attached hydrogens (tertiary/aromatic N) is 2. The van der Waals surface area contributed by atoms with Crippen LogP contribution >= 0.6 is 12.2 Å². The van der Waals surface area contributed by atoms with Crippen LogP contribution < -0.4 is 19.1 Å². The molecule has 7 heteroatoms. The summed E-state index contributed by atoms with van der Waals surface area (Å²) in [6.07, 6.45) is 0.530. The Bertz CT molecular complexity index is 1290. The van der Waals surface area contributed by atoms with Crippen LogP contribution in [-0.2, 0) is 0 Å². The highest BCUT2D eigenvalue weighted by molar-refractivity contribution is 7.80. The molecule has 2 aliphatic heterocycles. The average Bonchev–Trinajstić information content (AvgIpc) is 2.83. The number of para-hydroxylation sites is 2. The van der Waals surface area contributed by atoms with Crippen LogP contribution in [0.2, 0.25) is 0 Å². The summed E-state index contributed by atoms with van der Waals surface area (Å²) in [4.78, 5) is 17.7. The van der Waals surface area contributed by atoms with Gasteiger partial charge in [0, 0.05) is 17.7 Å². The van der Waals surface area contributed by atoms with Crippen LogP contribution in [0.1, 0.15) is 40.9 Å². The van der Waals surface area contributed by atoms with E-state index in [2.05, 4.69) is 0 Å². The summed E-state index contributed by atoms with van der Waals surface area (Å²) in [5.74, 6) is 1.53. The second kappa shape index (κ2) is 8.33. The molecule has 3 aromatic carbocycles. The SMILES string of the molecule is COc1ccccc1C(=O)N1C(=S)N(c2cccc(C)c2)[C@]2(C)C[C@@H]1c1cccc(OC)c1O2. The lowest BCUT2D eigenvalue weighted by Crippen LogP contribution is -2.67. The van der Waals surface area contributed by atoms with E-state index in [-0.39, 0.29) is 11.9 Å². The van der Waals surface area contributed by atoms with Crippen LogP contribution in [0.5, 0.6) is 17.2 Å². The maximum absolute atomic E-state index is 14.1. The average molecular weight is 475 g/mol. The predicted molar refractivity (Wildman–Crippen MR) is 135 cm³/mol. The first kappa shape index (κ1) is 22.2. The van der Waals surface area contributed by atoms with Crippen molar-refractivity contribution in [2.24, 2.45) is 0 Å². The zero-order valence-corrected chi connectivity index (χ0v) is 20.4. The first-order valence-electron chi connectivity index (χ1n) is 11.1. The molecular formula is C27H26N2O4S. The molecule has 0 N–H and O–H groups in total. The quantitative estimate of drug-likeness (QED) is 0.466. The molecule has 2 bridgehead atoms. The molecule has 2 heterocycles. The van der Waals surface area contributed by atoms with Crippen LogP contribution in [0, 0.1) is 6.92 Å². The smallest absolute Gasteiger partial charge is 0.264 e. The highest BCUT2D eigenvalue weighted by Crippen LogP contribution is 2.52. The number of amides is 1. The summed E-state index contributed by atoms with van der Waals surface area (Å²) in [7, 11) is 3.18. The summed E-state index contributed by atoms with van der Waals surface area (Å²) in [5, 5.41) is 0.383. The Hall–Kier alpha value is -3.58. The van der Waals surface area contributed by atoms with Gasteiger partial charge < -0.3 is 14.2 Å². The third-order valence-corrected chi connectivity index (χ3v) is 6.86. The fourth-order valence-corrected chi connectivity index (χ4v) is 5.44. The Morgan fingerprint density at radius 3 is 2.47 bits per heavy atom. The zero-order chi connectivity index (χ0) is 24.0. The summed E-state index contributed by atoms with van der Waals surface area (Å²) < 4.78 is 17.7. The van der Waals surface area contributed by atoms with E-state index in [0.717, 1.165) is 16.8 Å². The Morgan fingerprint density at radius 1 is 1.03 bits per heavy atom. The Labute approximate surface area is 204 Å². The number of hydrogen-bond acceptors (Lipinski definition) is 5. The predicted octanol–water partition coefficient (Wildman–Crippen LogP) is 5.50. The van der Waals surface area contributed by atoms with Crippen LogP contribution in [0.3, 0.4) is 0 Å². The number of fused-ring (bicyclic) bond motifs is 4. The van der Waals surface area contributed by atoms with E-state index in [4.69, 9.17) is 26.4 Å². The van der Waals surface area contributed by atoms with E-state index in [1.54, 1.807) is 31.3 Å². The third kappa shape index (κ3) is 3.39. The van der Waals surface area contributed by atoms with E-state index < -0.39 is 5.72 Å². The topological polar surface area (TPSA) is 51.2 Å². The van der Waals surface area contributed by atoms with Crippen molar-refractivity contribution in [1.82, 2.24) is 4.90 Å². The number of ether oxygens (including phenoxy) is 3. The highest BCUT2D eigenvalue weighted by atomic mass is 32.1. The number of carbonyl (C=O) groups excluding carboxylic acids is 1. The third-order valence-electron chi connectivity index (χ3n) is 6.48. The van der Waals surface area contributed by atoms with Crippen LogP contribution in [0.15, 0.2) is 66.7 Å². The molecule has 1 saturated heterocycles. The van der Waals surface area contributed by atoms with Crippen molar-refractivity contribution in [2.75, 3.05) is 19.1 Å². The van der Waals surface area contributed by atoms with Crippen molar-refractivity contribution in [3.8, 4) is 17.2 Å². The molecule has 0 spiro atoms. The van der Waals surface area contributed by atoms with Gasteiger partial charge in [-0.05, 0) is 62.0 Å². The second-order valence-electron chi connectivity index (χ2n) is 8.71. The molecule has 2 atom stereocenters. The first-order chi connectivity index (χ1) is 16.4. The van der Waals surface area contributed by atoms with E-state index in [0.29, 0.717) is 34.3 Å². The van der Waals surface area contributed by atoms with Gasteiger partial charge in [-0.1, -0.05) is 36.4 Å². The molecular weight excluding hydrogens is 448 g/mol. The molecule has 0 saturated carbocycles. The summed E-state index contributed by atoms with van der Waals surface area (Å²) >= 11 is 6.03. The minimum absolute atomic E-state index is 0.220. The Morgan fingerprint density at radius 2 is 1.74 bits per heavy atom. The largest absolute Gasteiger partial charge is 0.496 e. The standard InChI is InChI=1S/C27H26N2O4S/c1-17-9-7-10-18(15-17)29-26(34)28(25(30)20-11-5-6-13-22(20)31-3)21-16-27(29,2)33-24-19(21)12-8-14-23(24)32-4/h5-15,21H,16H2,1-4H3/t21-,27+/m1/s1. The van der Waals surface area contributed by atoms with Gasteiger partial charge in [0.2, 0.25) is 0 Å². The molecule has 174 valence electrons. The van der Waals surface area contributed by atoms with Crippen molar-refractivity contribution in [3.63, 3.8) is 0 Å². The number of benzene rings is 3. The molecule has 2 aliphatic rings. The van der Waals surface area contributed by atoms with Crippen molar-refractivity contribution in [2.45, 2.75) is 32.0 Å². The van der Waals surface area contributed by atoms with E-state index in [1.807, 2.05) is 73.3 Å². The first-order valence-corrected chi connectivity index (χ1v) is 11.5. The Kier molecular flexibility index (Phi) is 5.44. The van der Waals surface area contributed by atoms with Gasteiger partial charge in [-0.15, -0.1) is 0 Å². The Balaban J connectivity index is 1.72. The second-order valence-corrected chi connectivity index (χ2v) is 9.07. The van der Waals surface area contributed by atoms with Gasteiger partial charge in [0.1, 0.15) is 5.75 Å². The van der Waals surface area contributed by atoms with Gasteiger partial charge in [-0.3, -0.25) is 14.6 Å². The number of aryl methyl sites for hydroxylation is 1. The lowest BCUT2D eigenvalue weighted by molar-refractivity contribution is 0.0161. The number of methoxy groups -OCH3 is 2. The highest BCUT2D eigenvalue weighted by Gasteiger charge is 2.54. The summed E-state index contributed by atoms with van der Waals surface area (Å²) in [5.41, 5.74) is 2.46. The maximum atomic E-state index is 14.1. The molecule has 0 unspecified atom stereocenters. The lowest BCUT2D eigenvalue weighted by Gasteiger charge is -2.55. The number of anilines is 1. The van der Waals surface area contributed by atoms with Crippen molar-refractivity contribution in [1.29, 1.82) is 0 Å². The molecule has 1 amide bonds. The monoisotopic (exact) mass is 474 g/mol. The number of carbonyl (C=O) groups is 1. The fraction of sp³-hybridized carbons (Fsp3) is 0.259. The maximum Gasteiger partial charge on any atom is 0.264 e. The van der Waals surface area contributed by atoms with Crippen LogP contribution in [0.25, 0.3) is 0 Å². The molecule has 34 heavy (non-hydrogen) atoms. The molecule has 0 aliphatic carbocycles. The molecule has 0 aromatic heterocycles. The molecule has 1 fully saturated rings. The number of rotatable bonds is 4. The van der Waals surface area contributed by atoms with Gasteiger partial charge in [0.15, 0.2) is 22.3 Å². The van der Waals surface area contributed by atoms with E-state index >= 15 is 0 Å². The molecule has 3 aromatic rings. The minimum atomic E-state index is -0.811. The number of hydrogen-bond donors (Lipinski definition) is 0. The fourth-order valence-electron chi connectivity index (χ4n) is 4.94. The van der Waals surface area contributed by atoms with E-state index in [9.17, 15) is 4.79 Å². The number of thiocarbonyl (C=S) groups is 1.